The molecule has 1 N–H and O–H groups in total. The summed E-state index contributed by atoms with van der Waals surface area (Å²) in [5.41, 5.74) is 1.04. The highest BCUT2D eigenvalue weighted by molar-refractivity contribution is 9.10. The summed E-state index contributed by atoms with van der Waals surface area (Å²) in [7, 11) is 1.85. The molecular weight excluding hydrogens is 280 g/mol. The lowest BCUT2D eigenvalue weighted by molar-refractivity contribution is 0.306. The molecule has 0 aliphatic heterocycles. The molecule has 1 aromatic carbocycles. The van der Waals surface area contributed by atoms with E-state index in [4.69, 9.17) is 4.74 Å². The first-order valence-electron chi connectivity index (χ1n) is 5.29. The third-order valence-corrected chi connectivity index (χ3v) is 2.81. The van der Waals surface area contributed by atoms with Crippen molar-refractivity contribution >= 4 is 21.7 Å². The molecule has 0 aliphatic rings. The molecule has 17 heavy (non-hydrogen) atoms. The molecule has 3 nitrogen and oxygen atoms in total. The van der Waals surface area contributed by atoms with Crippen molar-refractivity contribution in [2.75, 3.05) is 12.4 Å². The van der Waals surface area contributed by atoms with Crippen molar-refractivity contribution in [1.29, 1.82) is 0 Å². The second-order valence-electron chi connectivity index (χ2n) is 3.51. The number of pyridine rings is 1. The van der Waals surface area contributed by atoms with Crippen LogP contribution in [0.2, 0.25) is 0 Å². The van der Waals surface area contributed by atoms with Crippen LogP contribution in [0.4, 0.5) is 5.82 Å². The van der Waals surface area contributed by atoms with E-state index in [-0.39, 0.29) is 0 Å². The van der Waals surface area contributed by atoms with Crippen molar-refractivity contribution in [3.05, 3.63) is 52.6 Å². The second-order valence-corrected chi connectivity index (χ2v) is 4.42. The Kier molecular flexibility index (Phi) is 3.98. The highest BCUT2D eigenvalue weighted by Crippen LogP contribution is 2.20. The molecule has 1 heterocycles. The Hall–Kier alpha value is -1.55. The first-order chi connectivity index (χ1) is 8.29. The standard InChI is InChI=1S/C13H13BrN2O/c1-15-13-10(4-3-7-16-13)9-17-12-6-2-5-11(14)8-12/h2-8H,9H2,1H3,(H,15,16). The molecule has 0 amide bonds. The lowest BCUT2D eigenvalue weighted by Gasteiger charge is -2.09. The van der Waals surface area contributed by atoms with Crippen molar-refractivity contribution in [3.63, 3.8) is 0 Å². The van der Waals surface area contributed by atoms with Gasteiger partial charge in [-0.25, -0.2) is 4.98 Å². The van der Waals surface area contributed by atoms with Gasteiger partial charge in [0.1, 0.15) is 18.2 Å². The van der Waals surface area contributed by atoms with Crippen LogP contribution in [0.25, 0.3) is 0 Å². The van der Waals surface area contributed by atoms with Crippen molar-refractivity contribution in [1.82, 2.24) is 4.98 Å². The monoisotopic (exact) mass is 292 g/mol. The minimum Gasteiger partial charge on any atom is -0.489 e. The van der Waals surface area contributed by atoms with Gasteiger partial charge in [-0.2, -0.15) is 0 Å². The number of halogens is 1. The van der Waals surface area contributed by atoms with E-state index in [2.05, 4.69) is 26.2 Å². The summed E-state index contributed by atoms with van der Waals surface area (Å²) in [5, 5.41) is 3.04. The second kappa shape index (κ2) is 5.68. The van der Waals surface area contributed by atoms with Crippen molar-refractivity contribution in [2.24, 2.45) is 0 Å². The fourth-order valence-electron chi connectivity index (χ4n) is 1.50. The van der Waals surface area contributed by atoms with Gasteiger partial charge >= 0.3 is 0 Å². The molecule has 88 valence electrons. The van der Waals surface area contributed by atoms with Gasteiger partial charge in [0, 0.05) is 23.3 Å². The molecule has 0 radical (unpaired) electrons. The van der Waals surface area contributed by atoms with Gasteiger partial charge in [-0.05, 0) is 24.3 Å². The summed E-state index contributed by atoms with van der Waals surface area (Å²) in [4.78, 5) is 4.23. The number of nitrogens with zero attached hydrogens (tertiary/aromatic N) is 1. The molecule has 0 unspecified atom stereocenters. The molecule has 0 spiro atoms. The van der Waals surface area contributed by atoms with Gasteiger partial charge in [0.15, 0.2) is 0 Å². The Balaban J connectivity index is 2.07. The first-order valence-corrected chi connectivity index (χ1v) is 6.09. The predicted octanol–water partition coefficient (Wildman–Crippen LogP) is 3.46. The Morgan fingerprint density at radius 3 is 2.94 bits per heavy atom. The van der Waals surface area contributed by atoms with Crippen LogP contribution >= 0.6 is 15.9 Å². The van der Waals surface area contributed by atoms with Gasteiger partial charge in [0.25, 0.3) is 0 Å². The van der Waals surface area contributed by atoms with Crippen LogP contribution in [-0.2, 0) is 6.61 Å². The van der Waals surface area contributed by atoms with Gasteiger partial charge in [-0.1, -0.05) is 28.1 Å². The molecule has 1 aromatic heterocycles. The van der Waals surface area contributed by atoms with Crippen LogP contribution in [0.15, 0.2) is 47.1 Å². The number of anilines is 1. The number of nitrogens with one attached hydrogen (secondary N) is 1. The molecule has 0 aliphatic carbocycles. The fourth-order valence-corrected chi connectivity index (χ4v) is 1.88. The number of rotatable bonds is 4. The van der Waals surface area contributed by atoms with E-state index < -0.39 is 0 Å². The van der Waals surface area contributed by atoms with Crippen LogP contribution in [0, 0.1) is 0 Å². The third kappa shape index (κ3) is 3.20. The number of ether oxygens (including phenoxy) is 1. The lowest BCUT2D eigenvalue weighted by atomic mass is 10.2. The van der Waals surface area contributed by atoms with Crippen LogP contribution < -0.4 is 10.1 Å². The summed E-state index contributed by atoms with van der Waals surface area (Å²) in [6, 6.07) is 11.7. The maximum Gasteiger partial charge on any atom is 0.132 e. The smallest absolute Gasteiger partial charge is 0.132 e. The first kappa shape index (κ1) is 11.9. The van der Waals surface area contributed by atoms with E-state index in [1.54, 1.807) is 6.20 Å². The average molecular weight is 293 g/mol. The summed E-state index contributed by atoms with van der Waals surface area (Å²) in [6.07, 6.45) is 1.76. The molecule has 0 fully saturated rings. The van der Waals surface area contributed by atoms with Crippen LogP contribution in [0.3, 0.4) is 0 Å². The van der Waals surface area contributed by atoms with Gasteiger partial charge in [0.05, 0.1) is 0 Å². The summed E-state index contributed by atoms with van der Waals surface area (Å²) < 4.78 is 6.71. The summed E-state index contributed by atoms with van der Waals surface area (Å²) in [6.45, 7) is 0.500. The third-order valence-electron chi connectivity index (χ3n) is 2.32. The molecule has 0 saturated carbocycles. The molecule has 0 atom stereocenters. The lowest BCUT2D eigenvalue weighted by Crippen LogP contribution is -2.02. The normalized spacial score (nSPS) is 10.0. The molecular formula is C13H13BrN2O. The van der Waals surface area contributed by atoms with Crippen molar-refractivity contribution < 1.29 is 4.74 Å². The van der Waals surface area contributed by atoms with Crippen LogP contribution in [-0.4, -0.2) is 12.0 Å². The van der Waals surface area contributed by atoms with E-state index in [9.17, 15) is 0 Å². The fraction of sp³-hybridized carbons (Fsp3) is 0.154. The highest BCUT2D eigenvalue weighted by atomic mass is 79.9. The number of aromatic nitrogens is 1. The van der Waals surface area contributed by atoms with Crippen molar-refractivity contribution in [3.8, 4) is 5.75 Å². The maximum absolute atomic E-state index is 5.71. The van der Waals surface area contributed by atoms with Gasteiger partial charge in [-0.3, -0.25) is 0 Å². The average Bonchev–Trinajstić information content (AvgIpc) is 2.37. The summed E-state index contributed by atoms with van der Waals surface area (Å²) in [5.74, 6) is 1.69. The number of hydrogen-bond donors (Lipinski definition) is 1. The van der Waals surface area contributed by atoms with Gasteiger partial charge in [-0.15, -0.1) is 0 Å². The van der Waals surface area contributed by atoms with Gasteiger partial charge in [0.2, 0.25) is 0 Å². The zero-order valence-electron chi connectivity index (χ0n) is 9.48. The maximum atomic E-state index is 5.71. The largest absolute Gasteiger partial charge is 0.489 e. The molecule has 0 saturated heterocycles. The molecule has 2 aromatic rings. The zero-order chi connectivity index (χ0) is 12.1. The summed E-state index contributed by atoms with van der Waals surface area (Å²) >= 11 is 3.41. The molecule has 0 bridgehead atoms. The van der Waals surface area contributed by atoms with Gasteiger partial charge < -0.3 is 10.1 Å². The Bertz CT molecular complexity index is 502. The zero-order valence-corrected chi connectivity index (χ0v) is 11.1. The SMILES string of the molecule is CNc1ncccc1COc1cccc(Br)c1. The van der Waals surface area contributed by atoms with E-state index >= 15 is 0 Å². The Morgan fingerprint density at radius 2 is 2.18 bits per heavy atom. The van der Waals surface area contributed by atoms with Crippen LogP contribution in [0.5, 0.6) is 5.75 Å². The van der Waals surface area contributed by atoms with E-state index in [1.807, 2.05) is 43.4 Å². The minimum atomic E-state index is 0.500. The number of hydrogen-bond acceptors (Lipinski definition) is 3. The number of benzene rings is 1. The minimum absolute atomic E-state index is 0.500. The van der Waals surface area contributed by atoms with E-state index in [1.165, 1.54) is 0 Å². The quantitative estimate of drug-likeness (QED) is 0.937. The topological polar surface area (TPSA) is 34.2 Å². The predicted molar refractivity (Wildman–Crippen MR) is 72.3 cm³/mol. The van der Waals surface area contributed by atoms with Crippen LogP contribution in [0.1, 0.15) is 5.56 Å². The van der Waals surface area contributed by atoms with E-state index in [0.717, 1.165) is 21.6 Å². The van der Waals surface area contributed by atoms with Crippen molar-refractivity contribution in [2.45, 2.75) is 6.61 Å². The van der Waals surface area contributed by atoms with E-state index in [0.29, 0.717) is 6.61 Å². The molecule has 2 rings (SSSR count). The Labute approximate surface area is 109 Å². The Morgan fingerprint density at radius 1 is 1.29 bits per heavy atom. The highest BCUT2D eigenvalue weighted by Gasteiger charge is 2.02. The molecule has 4 heteroatoms.